The molecular weight excluding hydrogens is 406 g/mol. The van der Waals surface area contributed by atoms with Crippen molar-refractivity contribution in [2.45, 2.75) is 52.2 Å². The van der Waals surface area contributed by atoms with E-state index in [9.17, 15) is 24.0 Å². The first-order valence-electron chi connectivity index (χ1n) is 9.77. The second kappa shape index (κ2) is 7.68. The summed E-state index contributed by atoms with van der Waals surface area (Å²) in [5, 5.41) is 5.15. The summed E-state index contributed by atoms with van der Waals surface area (Å²) in [6.45, 7) is 5.81. The number of nitrogens with zero attached hydrogens (tertiary/aromatic N) is 1. The third-order valence-electron chi connectivity index (χ3n) is 5.40. The van der Waals surface area contributed by atoms with Gasteiger partial charge in [0.2, 0.25) is 5.91 Å². The van der Waals surface area contributed by atoms with Crippen molar-refractivity contribution in [1.29, 1.82) is 0 Å². The minimum absolute atomic E-state index is 0.164. The van der Waals surface area contributed by atoms with Gasteiger partial charge in [0.1, 0.15) is 5.75 Å². The molecule has 1 aromatic carbocycles. The summed E-state index contributed by atoms with van der Waals surface area (Å²) in [5.74, 6) is -2.23. The molecule has 3 rings (SSSR count). The number of methoxy groups -OCH3 is 1. The molecule has 1 saturated carbocycles. The summed E-state index contributed by atoms with van der Waals surface area (Å²) in [5.41, 5.74) is -1.73. The molecule has 1 heterocycles. The van der Waals surface area contributed by atoms with E-state index in [1.165, 1.54) is 40.0 Å². The molecule has 1 aliphatic carbocycles. The van der Waals surface area contributed by atoms with Crippen LogP contribution in [0.5, 0.6) is 5.75 Å². The van der Waals surface area contributed by atoms with Crippen LogP contribution in [0.25, 0.3) is 0 Å². The monoisotopic (exact) mass is 431 g/mol. The van der Waals surface area contributed by atoms with Crippen LogP contribution < -0.4 is 15.4 Å². The van der Waals surface area contributed by atoms with Crippen molar-refractivity contribution in [2.75, 3.05) is 17.7 Å². The molecule has 4 amide bonds. The van der Waals surface area contributed by atoms with Crippen molar-refractivity contribution < 1.29 is 33.4 Å². The second-order valence-electron chi connectivity index (χ2n) is 8.47. The number of cyclic esters (lactones) is 1. The standard InChI is InChI=1S/C21H25N3O7/c1-11(25)22-12-6-7-14(30-5)13(10-12)23-17(27)15(16(26)21(4)8-9-21)24-18(28)20(2,3)31-19(24)29/h6-7,10,15H,8-9H2,1-5H3,(H,22,25)(H,23,27). The van der Waals surface area contributed by atoms with Gasteiger partial charge in [-0.05, 0) is 44.9 Å². The summed E-state index contributed by atoms with van der Waals surface area (Å²) in [4.78, 5) is 63.5. The lowest BCUT2D eigenvalue weighted by atomic mass is 9.94. The minimum atomic E-state index is -1.69. The van der Waals surface area contributed by atoms with Crippen LogP contribution in [0.1, 0.15) is 40.5 Å². The van der Waals surface area contributed by atoms with Gasteiger partial charge >= 0.3 is 6.09 Å². The number of imide groups is 1. The molecule has 31 heavy (non-hydrogen) atoms. The van der Waals surface area contributed by atoms with Crippen LogP contribution in [-0.4, -0.2) is 53.3 Å². The van der Waals surface area contributed by atoms with Gasteiger partial charge in [-0.3, -0.25) is 19.2 Å². The van der Waals surface area contributed by atoms with Gasteiger partial charge in [0, 0.05) is 18.0 Å². The van der Waals surface area contributed by atoms with E-state index in [2.05, 4.69) is 10.6 Å². The lowest BCUT2D eigenvalue weighted by Gasteiger charge is -2.25. The van der Waals surface area contributed by atoms with Gasteiger partial charge in [-0.2, -0.15) is 0 Å². The normalized spacial score (nSPS) is 19.3. The highest BCUT2D eigenvalue weighted by molar-refractivity contribution is 6.19. The van der Waals surface area contributed by atoms with Crippen molar-refractivity contribution >= 4 is 41.0 Å². The molecule has 0 radical (unpaired) electrons. The summed E-state index contributed by atoms with van der Waals surface area (Å²) in [6, 6.07) is 2.86. The van der Waals surface area contributed by atoms with E-state index in [0.717, 1.165) is 0 Å². The van der Waals surface area contributed by atoms with Gasteiger partial charge in [0.05, 0.1) is 12.8 Å². The van der Waals surface area contributed by atoms with Gasteiger partial charge < -0.3 is 20.1 Å². The third-order valence-corrected chi connectivity index (χ3v) is 5.40. The fourth-order valence-electron chi connectivity index (χ4n) is 3.31. The minimum Gasteiger partial charge on any atom is -0.495 e. The molecule has 1 aromatic rings. The number of anilines is 2. The SMILES string of the molecule is COc1ccc(NC(C)=O)cc1NC(=O)C(C(=O)C1(C)CC1)N1C(=O)OC(C)(C)C1=O. The smallest absolute Gasteiger partial charge is 0.418 e. The maximum atomic E-state index is 13.2. The maximum absolute atomic E-state index is 13.2. The average Bonchev–Trinajstić information content (AvgIpc) is 3.38. The van der Waals surface area contributed by atoms with Crippen LogP contribution in [-0.2, 0) is 23.9 Å². The van der Waals surface area contributed by atoms with Crippen molar-refractivity contribution in [1.82, 2.24) is 4.90 Å². The molecule has 10 heteroatoms. The molecule has 0 spiro atoms. The molecular formula is C21H25N3O7. The number of carbonyl (C=O) groups is 5. The van der Waals surface area contributed by atoms with Crippen LogP contribution in [0.15, 0.2) is 18.2 Å². The Morgan fingerprint density at radius 1 is 1.13 bits per heavy atom. The molecule has 1 aliphatic heterocycles. The highest BCUT2D eigenvalue weighted by Gasteiger charge is 2.58. The van der Waals surface area contributed by atoms with Gasteiger partial charge in [-0.25, -0.2) is 9.69 Å². The Bertz CT molecular complexity index is 981. The lowest BCUT2D eigenvalue weighted by Crippen LogP contribution is -2.54. The Labute approximate surface area is 179 Å². The third kappa shape index (κ3) is 4.23. The van der Waals surface area contributed by atoms with Crippen LogP contribution in [0.2, 0.25) is 0 Å². The summed E-state index contributed by atoms with van der Waals surface area (Å²) < 4.78 is 10.3. The number of nitrogens with one attached hydrogen (secondary N) is 2. The van der Waals surface area contributed by atoms with Crippen LogP contribution in [0.3, 0.4) is 0 Å². The predicted molar refractivity (Wildman–Crippen MR) is 109 cm³/mol. The molecule has 2 N–H and O–H groups in total. The summed E-state index contributed by atoms with van der Waals surface area (Å²) in [6.07, 6.45) is 0.0567. The van der Waals surface area contributed by atoms with E-state index in [1.807, 2.05) is 0 Å². The quantitative estimate of drug-likeness (QED) is 0.632. The van der Waals surface area contributed by atoms with E-state index >= 15 is 0 Å². The molecule has 10 nitrogen and oxygen atoms in total. The molecule has 1 atom stereocenters. The number of carbonyl (C=O) groups excluding carboxylic acids is 5. The highest BCUT2D eigenvalue weighted by atomic mass is 16.6. The Morgan fingerprint density at radius 2 is 1.77 bits per heavy atom. The molecule has 2 aliphatic rings. The Hall–Kier alpha value is -3.43. The number of Topliss-reactive ketones (excluding diaryl/α,β-unsaturated/α-hetero) is 1. The molecule has 1 saturated heterocycles. The number of ether oxygens (including phenoxy) is 2. The average molecular weight is 431 g/mol. The number of rotatable bonds is 7. The van der Waals surface area contributed by atoms with E-state index < -0.39 is 40.7 Å². The van der Waals surface area contributed by atoms with Crippen LogP contribution in [0.4, 0.5) is 16.2 Å². The number of amides is 4. The number of hydrogen-bond donors (Lipinski definition) is 2. The first kappa shape index (κ1) is 22.3. The molecule has 0 bridgehead atoms. The summed E-state index contributed by atoms with van der Waals surface area (Å²) in [7, 11) is 1.39. The largest absolute Gasteiger partial charge is 0.495 e. The summed E-state index contributed by atoms with van der Waals surface area (Å²) >= 11 is 0. The van der Waals surface area contributed by atoms with Crippen molar-refractivity contribution in [3.63, 3.8) is 0 Å². The Kier molecular flexibility index (Phi) is 5.51. The molecule has 1 unspecified atom stereocenters. The zero-order valence-corrected chi connectivity index (χ0v) is 18.0. The highest BCUT2D eigenvalue weighted by Crippen LogP contribution is 2.47. The fraction of sp³-hybridized carbons (Fsp3) is 0.476. The lowest BCUT2D eigenvalue weighted by molar-refractivity contribution is -0.144. The molecule has 166 valence electrons. The Balaban J connectivity index is 1.97. The maximum Gasteiger partial charge on any atom is 0.418 e. The van der Waals surface area contributed by atoms with Crippen LogP contribution >= 0.6 is 0 Å². The van der Waals surface area contributed by atoms with Crippen LogP contribution in [0, 0.1) is 5.41 Å². The number of benzene rings is 1. The molecule has 2 fully saturated rings. The van der Waals surface area contributed by atoms with Gasteiger partial charge in [0.15, 0.2) is 17.4 Å². The first-order valence-corrected chi connectivity index (χ1v) is 9.77. The van der Waals surface area contributed by atoms with Gasteiger partial charge in [-0.15, -0.1) is 0 Å². The van der Waals surface area contributed by atoms with E-state index in [4.69, 9.17) is 9.47 Å². The topological polar surface area (TPSA) is 131 Å². The second-order valence-corrected chi connectivity index (χ2v) is 8.47. The number of ketones is 1. The van der Waals surface area contributed by atoms with E-state index in [0.29, 0.717) is 23.4 Å². The van der Waals surface area contributed by atoms with Gasteiger partial charge in [-0.1, -0.05) is 6.92 Å². The van der Waals surface area contributed by atoms with Crippen molar-refractivity contribution in [2.24, 2.45) is 5.41 Å². The number of hydrogen-bond acceptors (Lipinski definition) is 7. The van der Waals surface area contributed by atoms with Gasteiger partial charge in [0.25, 0.3) is 11.8 Å². The van der Waals surface area contributed by atoms with Crippen molar-refractivity contribution in [3.05, 3.63) is 18.2 Å². The zero-order chi connectivity index (χ0) is 23.1. The molecule has 0 aromatic heterocycles. The Morgan fingerprint density at radius 3 is 2.26 bits per heavy atom. The van der Waals surface area contributed by atoms with E-state index in [-0.39, 0.29) is 17.3 Å². The fourth-order valence-corrected chi connectivity index (χ4v) is 3.31. The first-order chi connectivity index (χ1) is 14.4. The van der Waals surface area contributed by atoms with E-state index in [1.54, 1.807) is 13.0 Å². The van der Waals surface area contributed by atoms with Crippen molar-refractivity contribution in [3.8, 4) is 5.75 Å². The zero-order valence-electron chi connectivity index (χ0n) is 18.0. The predicted octanol–water partition coefficient (Wildman–Crippen LogP) is 2.09.